The molecule has 0 radical (unpaired) electrons. The fourth-order valence-corrected chi connectivity index (χ4v) is 3.33. The summed E-state index contributed by atoms with van der Waals surface area (Å²) in [5, 5.41) is 10.6. The van der Waals surface area contributed by atoms with Crippen LogP contribution in [0.3, 0.4) is 0 Å². The molecule has 0 amide bonds. The molecule has 0 aliphatic heterocycles. The number of hydrogen-bond donors (Lipinski definition) is 1. The lowest BCUT2D eigenvalue weighted by atomic mass is 9.91. The number of halogens is 2. The van der Waals surface area contributed by atoms with Gasteiger partial charge in [-0.15, -0.1) is 11.3 Å². The van der Waals surface area contributed by atoms with Crippen molar-refractivity contribution in [2.24, 2.45) is 0 Å². The Morgan fingerprint density at radius 1 is 1.40 bits per heavy atom. The molecule has 1 heterocycles. The molecule has 1 aromatic carbocycles. The molecule has 106 valence electrons. The summed E-state index contributed by atoms with van der Waals surface area (Å²) in [5.74, 6) is -0.938. The number of carboxylic acids is 1. The average Bonchev–Trinajstić information content (AvgIpc) is 2.77. The molecule has 1 N–H and O–H groups in total. The second kappa shape index (κ2) is 5.47. The maximum Gasteiger partial charge on any atom is 0.347 e. The minimum Gasteiger partial charge on any atom is -0.477 e. The zero-order valence-corrected chi connectivity index (χ0v) is 14.4. The summed E-state index contributed by atoms with van der Waals surface area (Å²) < 4.78 is 0.765. The summed E-state index contributed by atoms with van der Waals surface area (Å²) in [4.78, 5) is 16.2. The Kier molecular flexibility index (Phi) is 4.23. The molecule has 0 unspecified atom stereocenters. The maximum absolute atomic E-state index is 11.4. The van der Waals surface area contributed by atoms with E-state index < -0.39 is 5.97 Å². The summed E-state index contributed by atoms with van der Waals surface area (Å²) in [6.07, 6.45) is 0. The van der Waals surface area contributed by atoms with Crippen LogP contribution < -0.4 is 0 Å². The minimum atomic E-state index is -0.938. The molecule has 0 atom stereocenters. The highest BCUT2D eigenvalue weighted by Gasteiger charge is 2.27. The van der Waals surface area contributed by atoms with Gasteiger partial charge in [-0.2, -0.15) is 0 Å². The Morgan fingerprint density at radius 3 is 2.50 bits per heavy atom. The Bertz CT molecular complexity index is 676. The number of carbonyl (C=O) groups is 1. The van der Waals surface area contributed by atoms with Crippen molar-refractivity contribution < 1.29 is 9.90 Å². The molecule has 0 spiro atoms. The second-order valence-electron chi connectivity index (χ2n) is 5.38. The summed E-state index contributed by atoms with van der Waals surface area (Å²) >= 11 is 10.5. The lowest BCUT2D eigenvalue weighted by Gasteiger charge is -2.16. The van der Waals surface area contributed by atoms with E-state index in [0.717, 1.165) is 10.0 Å². The van der Waals surface area contributed by atoms with Crippen molar-refractivity contribution in [3.05, 3.63) is 38.3 Å². The first-order valence-corrected chi connectivity index (χ1v) is 7.89. The van der Waals surface area contributed by atoms with Crippen LogP contribution >= 0.6 is 38.9 Å². The number of hydrogen-bond acceptors (Lipinski definition) is 3. The number of rotatable bonds is 2. The van der Waals surface area contributed by atoms with E-state index in [9.17, 15) is 9.90 Å². The van der Waals surface area contributed by atoms with E-state index in [1.165, 1.54) is 11.3 Å². The van der Waals surface area contributed by atoms with Crippen molar-refractivity contribution in [3.63, 3.8) is 0 Å². The summed E-state index contributed by atoms with van der Waals surface area (Å²) in [7, 11) is 0. The Labute approximate surface area is 134 Å². The van der Waals surface area contributed by atoms with Crippen LogP contribution in [0.15, 0.2) is 22.7 Å². The van der Waals surface area contributed by atoms with Crippen molar-refractivity contribution >= 4 is 44.8 Å². The number of aromatic carboxylic acids is 1. The smallest absolute Gasteiger partial charge is 0.347 e. The summed E-state index contributed by atoms with van der Waals surface area (Å²) in [6, 6.07) is 5.45. The monoisotopic (exact) mass is 373 g/mol. The van der Waals surface area contributed by atoms with Crippen molar-refractivity contribution in [2.75, 3.05) is 0 Å². The SMILES string of the molecule is CC(C)(C)c1nc(-c2ccc(Cl)c(Br)c2)sc1C(=O)O. The topological polar surface area (TPSA) is 50.2 Å². The molecule has 20 heavy (non-hydrogen) atoms. The Hall–Kier alpha value is -0.910. The van der Waals surface area contributed by atoms with Crippen LogP contribution in [-0.2, 0) is 5.41 Å². The Morgan fingerprint density at radius 2 is 2.05 bits per heavy atom. The van der Waals surface area contributed by atoms with E-state index in [0.29, 0.717) is 20.6 Å². The van der Waals surface area contributed by atoms with Gasteiger partial charge in [0, 0.05) is 15.5 Å². The maximum atomic E-state index is 11.4. The molecule has 3 nitrogen and oxygen atoms in total. The first-order valence-electron chi connectivity index (χ1n) is 5.90. The van der Waals surface area contributed by atoms with Gasteiger partial charge in [0.1, 0.15) is 9.88 Å². The molecule has 0 saturated carbocycles. The highest BCUT2D eigenvalue weighted by molar-refractivity contribution is 9.10. The number of carboxylic acid groups (broad SMARTS) is 1. The van der Waals surface area contributed by atoms with Crippen molar-refractivity contribution in [1.82, 2.24) is 4.98 Å². The van der Waals surface area contributed by atoms with Gasteiger partial charge in [-0.25, -0.2) is 9.78 Å². The van der Waals surface area contributed by atoms with E-state index in [-0.39, 0.29) is 5.41 Å². The van der Waals surface area contributed by atoms with Gasteiger partial charge < -0.3 is 5.11 Å². The number of nitrogens with zero attached hydrogens (tertiary/aromatic N) is 1. The fourth-order valence-electron chi connectivity index (χ4n) is 1.73. The predicted molar refractivity (Wildman–Crippen MR) is 85.9 cm³/mol. The number of aromatic nitrogens is 1. The third kappa shape index (κ3) is 3.05. The van der Waals surface area contributed by atoms with E-state index in [2.05, 4.69) is 20.9 Å². The first-order chi connectivity index (χ1) is 9.20. The first kappa shape index (κ1) is 15.5. The van der Waals surface area contributed by atoms with Crippen LogP contribution in [0, 0.1) is 0 Å². The quantitative estimate of drug-likeness (QED) is 0.784. The van der Waals surface area contributed by atoms with Crippen LogP contribution in [-0.4, -0.2) is 16.1 Å². The zero-order chi connectivity index (χ0) is 15.1. The van der Waals surface area contributed by atoms with Crippen LogP contribution in [0.4, 0.5) is 0 Å². The molecule has 0 saturated heterocycles. The highest BCUT2D eigenvalue weighted by Crippen LogP contribution is 2.36. The lowest BCUT2D eigenvalue weighted by molar-refractivity contribution is 0.0699. The minimum absolute atomic E-state index is 0.290. The van der Waals surface area contributed by atoms with Gasteiger partial charge >= 0.3 is 5.97 Å². The third-order valence-corrected chi connectivity index (χ3v) is 5.00. The molecule has 2 aromatic rings. The van der Waals surface area contributed by atoms with E-state index in [1.807, 2.05) is 32.9 Å². The van der Waals surface area contributed by atoms with Gasteiger partial charge in [-0.1, -0.05) is 38.4 Å². The number of benzene rings is 1. The molecule has 0 fully saturated rings. The van der Waals surface area contributed by atoms with Crippen LogP contribution in [0.5, 0.6) is 0 Å². The van der Waals surface area contributed by atoms with Crippen molar-refractivity contribution in [1.29, 1.82) is 0 Å². The van der Waals surface area contributed by atoms with Gasteiger partial charge in [0.2, 0.25) is 0 Å². The standard InChI is InChI=1S/C14H13BrClNO2S/c1-14(2,3)11-10(13(18)19)20-12(17-11)7-4-5-9(16)8(15)6-7/h4-6H,1-3H3,(H,18,19). The van der Waals surface area contributed by atoms with Gasteiger partial charge in [-0.3, -0.25) is 0 Å². The second-order valence-corrected chi connectivity index (χ2v) is 7.64. The average molecular weight is 375 g/mol. The van der Waals surface area contributed by atoms with E-state index in [1.54, 1.807) is 6.07 Å². The largest absolute Gasteiger partial charge is 0.477 e. The summed E-state index contributed by atoms with van der Waals surface area (Å²) in [5.41, 5.74) is 1.15. The molecule has 0 aliphatic rings. The lowest BCUT2D eigenvalue weighted by Crippen LogP contribution is -2.16. The molecule has 0 aliphatic carbocycles. The molecule has 6 heteroatoms. The molecule has 2 rings (SSSR count). The van der Waals surface area contributed by atoms with Crippen molar-refractivity contribution in [2.45, 2.75) is 26.2 Å². The van der Waals surface area contributed by atoms with Crippen LogP contribution in [0.2, 0.25) is 5.02 Å². The molecular formula is C14H13BrClNO2S. The van der Waals surface area contributed by atoms with Gasteiger partial charge in [0.05, 0.1) is 10.7 Å². The van der Waals surface area contributed by atoms with Crippen molar-refractivity contribution in [3.8, 4) is 10.6 Å². The van der Waals surface area contributed by atoms with Crippen LogP contribution in [0.1, 0.15) is 36.1 Å². The number of thiazole rings is 1. The molecular weight excluding hydrogens is 362 g/mol. The van der Waals surface area contributed by atoms with Gasteiger partial charge in [0.15, 0.2) is 0 Å². The fraction of sp³-hybridized carbons (Fsp3) is 0.286. The van der Waals surface area contributed by atoms with Gasteiger partial charge in [-0.05, 0) is 28.1 Å². The van der Waals surface area contributed by atoms with E-state index in [4.69, 9.17) is 11.6 Å². The highest BCUT2D eigenvalue weighted by atomic mass is 79.9. The van der Waals surface area contributed by atoms with Crippen LogP contribution in [0.25, 0.3) is 10.6 Å². The summed E-state index contributed by atoms with van der Waals surface area (Å²) in [6.45, 7) is 5.86. The third-order valence-electron chi connectivity index (χ3n) is 2.70. The normalized spacial score (nSPS) is 11.7. The molecule has 0 bridgehead atoms. The van der Waals surface area contributed by atoms with Gasteiger partial charge in [0.25, 0.3) is 0 Å². The predicted octanol–water partition coefficient (Wildman–Crippen LogP) is 5.22. The molecule has 1 aromatic heterocycles. The Balaban J connectivity index is 2.58. The zero-order valence-electron chi connectivity index (χ0n) is 11.2. The van der Waals surface area contributed by atoms with E-state index >= 15 is 0 Å².